The molecule has 0 saturated carbocycles. The predicted octanol–water partition coefficient (Wildman–Crippen LogP) is 5.99. The predicted molar refractivity (Wildman–Crippen MR) is 102 cm³/mol. The molecule has 3 heteroatoms. The number of hydrogen-bond acceptors (Lipinski definition) is 1. The SMILES string of the molecule is CC(=O)Cl.ClC(c1ccccc1)(c1ccccc1)c1ccccc1. The first-order valence-corrected chi connectivity index (χ1v) is 8.32. The molecule has 0 spiro atoms. The van der Waals surface area contributed by atoms with Gasteiger partial charge >= 0.3 is 0 Å². The molecule has 0 heterocycles. The van der Waals surface area contributed by atoms with Gasteiger partial charge in [0.25, 0.3) is 0 Å². The van der Waals surface area contributed by atoms with Crippen molar-refractivity contribution in [2.24, 2.45) is 0 Å². The fourth-order valence-corrected chi connectivity index (χ4v) is 2.88. The number of halogens is 2. The van der Waals surface area contributed by atoms with E-state index in [0.29, 0.717) is 0 Å². The van der Waals surface area contributed by atoms with Gasteiger partial charge in [-0.05, 0) is 28.3 Å². The lowest BCUT2D eigenvalue weighted by molar-refractivity contribution is -0.109. The summed E-state index contributed by atoms with van der Waals surface area (Å²) in [6, 6.07) is 30.6. The van der Waals surface area contributed by atoms with Gasteiger partial charge in [0, 0.05) is 6.92 Å². The van der Waals surface area contributed by atoms with Crippen LogP contribution >= 0.6 is 23.2 Å². The van der Waals surface area contributed by atoms with E-state index in [-0.39, 0.29) is 5.24 Å². The minimum Gasteiger partial charge on any atom is -0.282 e. The highest BCUT2D eigenvalue weighted by molar-refractivity contribution is 6.62. The minimum atomic E-state index is -0.649. The molecule has 3 aromatic carbocycles. The quantitative estimate of drug-likeness (QED) is 0.320. The summed E-state index contributed by atoms with van der Waals surface area (Å²) in [6.45, 7) is 1.29. The van der Waals surface area contributed by atoms with Crippen LogP contribution < -0.4 is 0 Å². The summed E-state index contributed by atoms with van der Waals surface area (Å²) in [4.78, 5) is 8.56. The van der Waals surface area contributed by atoms with Crippen LogP contribution in [0.15, 0.2) is 91.0 Å². The Balaban J connectivity index is 0.000000471. The molecule has 0 fully saturated rings. The molecule has 0 aliphatic heterocycles. The van der Waals surface area contributed by atoms with Crippen molar-refractivity contribution in [1.82, 2.24) is 0 Å². The molecule has 24 heavy (non-hydrogen) atoms. The van der Waals surface area contributed by atoms with Gasteiger partial charge in [0.05, 0.1) is 0 Å². The zero-order valence-electron chi connectivity index (χ0n) is 13.3. The first-order chi connectivity index (χ1) is 11.5. The molecule has 3 rings (SSSR count). The third-order valence-electron chi connectivity index (χ3n) is 3.51. The smallest absolute Gasteiger partial charge is 0.218 e. The van der Waals surface area contributed by atoms with Crippen molar-refractivity contribution in [3.05, 3.63) is 108 Å². The second-order valence-corrected chi connectivity index (χ2v) is 6.33. The van der Waals surface area contributed by atoms with Gasteiger partial charge in [0.15, 0.2) is 0 Å². The van der Waals surface area contributed by atoms with Gasteiger partial charge in [-0.1, -0.05) is 91.0 Å². The molecule has 0 unspecified atom stereocenters. The van der Waals surface area contributed by atoms with Gasteiger partial charge in [0.2, 0.25) is 5.24 Å². The van der Waals surface area contributed by atoms with Gasteiger partial charge in [-0.15, -0.1) is 11.6 Å². The number of rotatable bonds is 3. The van der Waals surface area contributed by atoms with E-state index in [1.54, 1.807) is 0 Å². The van der Waals surface area contributed by atoms with Crippen LogP contribution in [0.5, 0.6) is 0 Å². The highest BCUT2D eigenvalue weighted by Crippen LogP contribution is 2.42. The minimum absolute atomic E-state index is 0.361. The lowest BCUT2D eigenvalue weighted by Gasteiger charge is -2.29. The van der Waals surface area contributed by atoms with E-state index in [1.807, 2.05) is 54.6 Å². The molecule has 0 saturated heterocycles. The molecule has 1 nitrogen and oxygen atoms in total. The Labute approximate surface area is 152 Å². The van der Waals surface area contributed by atoms with Crippen LogP contribution in [0, 0.1) is 0 Å². The maximum atomic E-state index is 9.21. The fourth-order valence-electron chi connectivity index (χ4n) is 2.50. The van der Waals surface area contributed by atoms with Crippen molar-refractivity contribution in [3.8, 4) is 0 Å². The first-order valence-electron chi connectivity index (χ1n) is 7.56. The van der Waals surface area contributed by atoms with Gasteiger partial charge in [-0.25, -0.2) is 0 Å². The van der Waals surface area contributed by atoms with E-state index in [9.17, 15) is 4.79 Å². The Morgan fingerprint density at radius 2 is 0.875 bits per heavy atom. The molecule has 122 valence electrons. The molecule has 0 radical (unpaired) electrons. The molecule has 0 bridgehead atoms. The number of hydrogen-bond donors (Lipinski definition) is 0. The molecule has 0 amide bonds. The highest BCUT2D eigenvalue weighted by atomic mass is 35.5. The number of benzene rings is 3. The molecule has 0 aliphatic carbocycles. The molecule has 0 aromatic heterocycles. The maximum absolute atomic E-state index is 9.21. The topological polar surface area (TPSA) is 17.1 Å². The summed E-state index contributed by atoms with van der Waals surface area (Å²) in [7, 11) is 0. The summed E-state index contributed by atoms with van der Waals surface area (Å²) in [5, 5.41) is -0.361. The van der Waals surface area contributed by atoms with E-state index >= 15 is 0 Å². The standard InChI is InChI=1S/C19H15Cl.C2H3ClO/c20-19(16-10-4-1-5-11-16,17-12-6-2-7-13-17)18-14-8-3-9-15-18;1-2(3)4/h1-15H;1H3. The second-order valence-electron chi connectivity index (χ2n) is 5.23. The zero-order chi connectivity index (χ0) is 17.4. The van der Waals surface area contributed by atoms with Gasteiger partial charge < -0.3 is 0 Å². The van der Waals surface area contributed by atoms with Crippen LogP contribution in [-0.2, 0) is 9.67 Å². The Hall–Kier alpha value is -2.09. The third-order valence-corrected chi connectivity index (χ3v) is 4.17. The van der Waals surface area contributed by atoms with Gasteiger partial charge in [0.1, 0.15) is 4.87 Å². The van der Waals surface area contributed by atoms with E-state index in [2.05, 4.69) is 48.0 Å². The van der Waals surface area contributed by atoms with Crippen LogP contribution in [0.1, 0.15) is 23.6 Å². The fraction of sp³-hybridized carbons (Fsp3) is 0.0952. The Morgan fingerprint density at radius 3 is 1.08 bits per heavy atom. The summed E-state index contributed by atoms with van der Waals surface area (Å²) >= 11 is 11.8. The zero-order valence-corrected chi connectivity index (χ0v) is 14.8. The van der Waals surface area contributed by atoms with Crippen molar-refractivity contribution >= 4 is 28.4 Å². The van der Waals surface area contributed by atoms with E-state index in [0.717, 1.165) is 16.7 Å². The lowest BCUT2D eigenvalue weighted by atomic mass is 9.84. The van der Waals surface area contributed by atoms with Gasteiger partial charge in [-0.2, -0.15) is 0 Å². The number of carbonyl (C=O) groups excluding carboxylic acids is 1. The highest BCUT2D eigenvalue weighted by Gasteiger charge is 2.33. The van der Waals surface area contributed by atoms with Crippen molar-refractivity contribution in [1.29, 1.82) is 0 Å². The molecule has 0 N–H and O–H groups in total. The Bertz CT molecular complexity index is 655. The average Bonchev–Trinajstić information content (AvgIpc) is 2.63. The Kier molecular flexibility index (Phi) is 6.60. The monoisotopic (exact) mass is 356 g/mol. The molecule has 0 aliphatic rings. The van der Waals surface area contributed by atoms with E-state index in [4.69, 9.17) is 11.6 Å². The van der Waals surface area contributed by atoms with Crippen LogP contribution in [0.2, 0.25) is 0 Å². The van der Waals surface area contributed by atoms with Gasteiger partial charge in [-0.3, -0.25) is 4.79 Å². The maximum Gasteiger partial charge on any atom is 0.218 e. The third kappa shape index (κ3) is 4.47. The summed E-state index contributed by atoms with van der Waals surface area (Å²) in [5.41, 5.74) is 3.25. The molecular weight excluding hydrogens is 339 g/mol. The van der Waals surface area contributed by atoms with Crippen LogP contribution in [0.4, 0.5) is 0 Å². The normalized spacial score (nSPS) is 10.5. The average molecular weight is 357 g/mol. The molecular formula is C21H18Cl2O. The molecule has 0 atom stereocenters. The second kappa shape index (κ2) is 8.68. The first kappa shape index (κ1) is 18.3. The number of carbonyl (C=O) groups is 1. The van der Waals surface area contributed by atoms with Crippen molar-refractivity contribution in [3.63, 3.8) is 0 Å². The van der Waals surface area contributed by atoms with Crippen molar-refractivity contribution < 1.29 is 4.79 Å². The van der Waals surface area contributed by atoms with Crippen molar-refractivity contribution in [2.45, 2.75) is 11.8 Å². The van der Waals surface area contributed by atoms with Crippen LogP contribution in [0.3, 0.4) is 0 Å². The summed E-state index contributed by atoms with van der Waals surface area (Å²) in [5.74, 6) is 0. The molecule has 3 aromatic rings. The largest absolute Gasteiger partial charge is 0.282 e. The summed E-state index contributed by atoms with van der Waals surface area (Å²) < 4.78 is 0. The van der Waals surface area contributed by atoms with Crippen LogP contribution in [-0.4, -0.2) is 5.24 Å². The number of alkyl halides is 1. The van der Waals surface area contributed by atoms with E-state index < -0.39 is 4.87 Å². The van der Waals surface area contributed by atoms with Crippen molar-refractivity contribution in [2.75, 3.05) is 0 Å². The lowest BCUT2D eigenvalue weighted by Crippen LogP contribution is -2.22. The van der Waals surface area contributed by atoms with E-state index in [1.165, 1.54) is 6.92 Å². The summed E-state index contributed by atoms with van der Waals surface area (Å²) in [6.07, 6.45) is 0. The van der Waals surface area contributed by atoms with Crippen LogP contribution in [0.25, 0.3) is 0 Å². The Morgan fingerprint density at radius 1 is 0.667 bits per heavy atom.